The fourth-order valence-corrected chi connectivity index (χ4v) is 3.30. The van der Waals surface area contributed by atoms with E-state index in [1.54, 1.807) is 16.8 Å². The van der Waals surface area contributed by atoms with E-state index in [0.29, 0.717) is 30.3 Å². The Morgan fingerprint density at radius 2 is 1.96 bits per heavy atom. The Kier molecular flexibility index (Phi) is 4.69. The van der Waals surface area contributed by atoms with Gasteiger partial charge in [0.2, 0.25) is 0 Å². The van der Waals surface area contributed by atoms with Crippen molar-refractivity contribution in [3.8, 4) is 5.75 Å². The minimum absolute atomic E-state index is 0.254. The lowest BCUT2D eigenvalue weighted by atomic mass is 10.1. The molecule has 6 heteroatoms. The van der Waals surface area contributed by atoms with Crippen molar-refractivity contribution < 1.29 is 9.53 Å². The molecule has 0 aliphatic carbocycles. The van der Waals surface area contributed by atoms with E-state index in [-0.39, 0.29) is 5.91 Å². The van der Waals surface area contributed by atoms with Gasteiger partial charge in [0.15, 0.2) is 11.5 Å². The predicted molar refractivity (Wildman–Crippen MR) is 111 cm³/mol. The summed E-state index contributed by atoms with van der Waals surface area (Å²) in [5, 5.41) is 9.36. The molecule has 4 rings (SSSR count). The average Bonchev–Trinajstić information content (AvgIpc) is 3.03. The molecule has 6 nitrogen and oxygen atoms in total. The number of anilines is 1. The van der Waals surface area contributed by atoms with Gasteiger partial charge in [-0.15, -0.1) is 0 Å². The number of rotatable bonds is 5. The molecular formula is C22H22N4O2. The van der Waals surface area contributed by atoms with Crippen LogP contribution < -0.4 is 10.1 Å². The van der Waals surface area contributed by atoms with Gasteiger partial charge in [0, 0.05) is 11.9 Å². The Balaban J connectivity index is 1.79. The minimum Gasteiger partial charge on any atom is -0.493 e. The number of benzene rings is 2. The number of nitrogens with one attached hydrogen (secondary N) is 1. The maximum absolute atomic E-state index is 12.9. The smallest absolute Gasteiger partial charge is 0.260 e. The van der Waals surface area contributed by atoms with Crippen LogP contribution >= 0.6 is 0 Å². The summed E-state index contributed by atoms with van der Waals surface area (Å²) >= 11 is 0. The molecule has 0 radical (unpaired) electrons. The molecule has 0 saturated heterocycles. The zero-order valence-corrected chi connectivity index (χ0v) is 16.2. The number of pyridine rings is 1. The van der Waals surface area contributed by atoms with Crippen molar-refractivity contribution >= 4 is 33.7 Å². The highest BCUT2D eigenvalue weighted by molar-refractivity contribution is 6.10. The molecule has 0 spiro atoms. The Morgan fingerprint density at radius 3 is 2.75 bits per heavy atom. The third kappa shape index (κ3) is 3.17. The summed E-state index contributed by atoms with van der Waals surface area (Å²) in [5.74, 6) is 0.807. The van der Waals surface area contributed by atoms with Crippen molar-refractivity contribution in [2.75, 3.05) is 11.9 Å². The Hall–Kier alpha value is -3.41. The topological polar surface area (TPSA) is 69.0 Å². The summed E-state index contributed by atoms with van der Waals surface area (Å²) in [4.78, 5) is 17.7. The molecule has 0 aliphatic rings. The molecule has 2 heterocycles. The molecule has 0 fully saturated rings. The first kappa shape index (κ1) is 18.0. The van der Waals surface area contributed by atoms with E-state index in [4.69, 9.17) is 9.72 Å². The third-order valence-corrected chi connectivity index (χ3v) is 4.63. The molecule has 4 aromatic rings. The molecule has 1 amide bonds. The van der Waals surface area contributed by atoms with Crippen molar-refractivity contribution in [1.29, 1.82) is 0 Å². The molecule has 0 bridgehead atoms. The normalized spacial score (nSPS) is 11.1. The number of amides is 1. The molecule has 0 aliphatic heterocycles. The third-order valence-electron chi connectivity index (χ3n) is 4.63. The quantitative estimate of drug-likeness (QED) is 0.556. The summed E-state index contributed by atoms with van der Waals surface area (Å²) in [7, 11) is 0. The maximum Gasteiger partial charge on any atom is 0.260 e. The molecule has 0 unspecified atom stereocenters. The van der Waals surface area contributed by atoms with Gasteiger partial charge < -0.3 is 10.1 Å². The maximum atomic E-state index is 12.9. The Labute approximate surface area is 163 Å². The molecular weight excluding hydrogens is 352 g/mol. The van der Waals surface area contributed by atoms with E-state index < -0.39 is 0 Å². The van der Waals surface area contributed by atoms with E-state index in [1.165, 1.54) is 0 Å². The Bertz CT molecular complexity index is 1180. The fraction of sp³-hybridized carbons (Fsp3) is 0.227. The molecule has 1 N–H and O–H groups in total. The van der Waals surface area contributed by atoms with Crippen molar-refractivity contribution in [3.05, 3.63) is 59.7 Å². The van der Waals surface area contributed by atoms with E-state index in [9.17, 15) is 4.79 Å². The summed E-state index contributed by atoms with van der Waals surface area (Å²) in [6, 6.07) is 15.4. The van der Waals surface area contributed by atoms with Gasteiger partial charge in [-0.2, -0.15) is 5.10 Å². The SMILES string of the molecule is CCOc1ccccc1C(=O)Nc1nn(CC)c2nc3ccc(C)cc3cc12. The Morgan fingerprint density at radius 1 is 1.14 bits per heavy atom. The first-order valence-corrected chi connectivity index (χ1v) is 9.41. The highest BCUT2D eigenvalue weighted by Gasteiger charge is 2.18. The summed E-state index contributed by atoms with van der Waals surface area (Å²) in [6.07, 6.45) is 0. The van der Waals surface area contributed by atoms with Crippen molar-refractivity contribution in [2.24, 2.45) is 0 Å². The van der Waals surface area contributed by atoms with Crippen LogP contribution in [0.15, 0.2) is 48.5 Å². The highest BCUT2D eigenvalue weighted by Crippen LogP contribution is 2.28. The van der Waals surface area contributed by atoms with Crippen LogP contribution in [0.1, 0.15) is 29.8 Å². The number of carbonyl (C=O) groups excluding carboxylic acids is 1. The number of nitrogens with zero attached hydrogens (tertiary/aromatic N) is 3. The number of carbonyl (C=O) groups is 1. The second kappa shape index (κ2) is 7.31. The summed E-state index contributed by atoms with van der Waals surface area (Å²) in [5.41, 5.74) is 3.31. The predicted octanol–water partition coefficient (Wildman–Crippen LogP) is 4.56. The van der Waals surface area contributed by atoms with Crippen LogP contribution in [0.4, 0.5) is 5.82 Å². The zero-order chi connectivity index (χ0) is 19.7. The summed E-state index contributed by atoms with van der Waals surface area (Å²) in [6.45, 7) is 7.10. The number of hydrogen-bond acceptors (Lipinski definition) is 4. The molecule has 28 heavy (non-hydrogen) atoms. The van der Waals surface area contributed by atoms with Crippen LogP contribution in [0.25, 0.3) is 21.9 Å². The first-order chi connectivity index (χ1) is 13.6. The van der Waals surface area contributed by atoms with Crippen LogP contribution in [0, 0.1) is 6.92 Å². The number of fused-ring (bicyclic) bond motifs is 2. The van der Waals surface area contributed by atoms with Crippen LogP contribution in [0.2, 0.25) is 0 Å². The number of para-hydroxylation sites is 1. The number of aryl methyl sites for hydroxylation is 2. The van der Waals surface area contributed by atoms with Gasteiger partial charge in [0.1, 0.15) is 5.75 Å². The molecule has 2 aromatic carbocycles. The largest absolute Gasteiger partial charge is 0.493 e. The van der Waals surface area contributed by atoms with Crippen LogP contribution in [0.3, 0.4) is 0 Å². The van der Waals surface area contributed by atoms with Crippen molar-refractivity contribution in [1.82, 2.24) is 14.8 Å². The van der Waals surface area contributed by atoms with Gasteiger partial charge in [-0.05, 0) is 51.1 Å². The van der Waals surface area contributed by atoms with Crippen molar-refractivity contribution in [2.45, 2.75) is 27.3 Å². The lowest BCUT2D eigenvalue weighted by molar-refractivity contribution is 0.102. The van der Waals surface area contributed by atoms with Gasteiger partial charge >= 0.3 is 0 Å². The van der Waals surface area contributed by atoms with E-state index in [1.807, 2.05) is 51.1 Å². The number of hydrogen-bond donors (Lipinski definition) is 1. The van der Waals surface area contributed by atoms with Gasteiger partial charge in [0.25, 0.3) is 5.91 Å². The second-order valence-electron chi connectivity index (χ2n) is 6.60. The number of ether oxygens (including phenoxy) is 1. The lowest BCUT2D eigenvalue weighted by Gasteiger charge is -2.09. The summed E-state index contributed by atoms with van der Waals surface area (Å²) < 4.78 is 7.39. The average molecular weight is 374 g/mol. The van der Waals surface area contributed by atoms with Gasteiger partial charge in [-0.1, -0.05) is 23.8 Å². The van der Waals surface area contributed by atoms with Gasteiger partial charge in [-0.25, -0.2) is 9.67 Å². The molecule has 2 aromatic heterocycles. The molecule has 0 saturated carbocycles. The number of aromatic nitrogens is 3. The van der Waals surface area contributed by atoms with Crippen molar-refractivity contribution in [3.63, 3.8) is 0 Å². The van der Waals surface area contributed by atoms with Crippen LogP contribution in [-0.2, 0) is 6.54 Å². The minimum atomic E-state index is -0.254. The second-order valence-corrected chi connectivity index (χ2v) is 6.60. The van der Waals surface area contributed by atoms with E-state index in [0.717, 1.165) is 27.5 Å². The van der Waals surface area contributed by atoms with Crippen LogP contribution in [0.5, 0.6) is 5.75 Å². The fourth-order valence-electron chi connectivity index (χ4n) is 3.30. The van der Waals surface area contributed by atoms with E-state index in [2.05, 4.69) is 16.5 Å². The zero-order valence-electron chi connectivity index (χ0n) is 16.2. The first-order valence-electron chi connectivity index (χ1n) is 9.41. The highest BCUT2D eigenvalue weighted by atomic mass is 16.5. The van der Waals surface area contributed by atoms with Gasteiger partial charge in [-0.3, -0.25) is 4.79 Å². The lowest BCUT2D eigenvalue weighted by Crippen LogP contribution is -2.14. The molecule has 0 atom stereocenters. The van der Waals surface area contributed by atoms with E-state index >= 15 is 0 Å². The van der Waals surface area contributed by atoms with Crippen LogP contribution in [-0.4, -0.2) is 27.3 Å². The standard InChI is InChI=1S/C22H22N4O2/c1-4-26-21-17(13-15-12-14(3)10-11-18(15)23-21)20(25-26)24-22(27)16-8-6-7-9-19(16)28-5-2/h6-13H,4-5H2,1-3H3,(H,24,25,27). The van der Waals surface area contributed by atoms with Gasteiger partial charge in [0.05, 0.1) is 23.1 Å². The molecule has 142 valence electrons. The monoisotopic (exact) mass is 374 g/mol.